The molecule has 1 aromatic heterocycles. The molecule has 1 saturated heterocycles. The van der Waals surface area contributed by atoms with E-state index in [4.69, 9.17) is 4.74 Å². The van der Waals surface area contributed by atoms with Crippen LogP contribution < -0.4 is 14.8 Å². The van der Waals surface area contributed by atoms with Crippen molar-refractivity contribution in [3.05, 3.63) is 83.9 Å². The highest BCUT2D eigenvalue weighted by Crippen LogP contribution is 2.38. The van der Waals surface area contributed by atoms with E-state index in [1.54, 1.807) is 24.1 Å². The number of aromatic nitrogens is 2. The number of carbonyl (C=O) groups is 3. The van der Waals surface area contributed by atoms with E-state index in [1.165, 1.54) is 12.5 Å². The number of benzene rings is 2. The Bertz CT molecular complexity index is 1500. The quantitative estimate of drug-likeness (QED) is 0.250. The number of H-pyrrole nitrogens is 1. The number of rotatable bonds is 14. The van der Waals surface area contributed by atoms with Crippen LogP contribution in [0.1, 0.15) is 49.4 Å². The zero-order valence-electron chi connectivity index (χ0n) is 25.4. The molecule has 0 unspecified atom stereocenters. The van der Waals surface area contributed by atoms with E-state index < -0.39 is 33.4 Å². The summed E-state index contributed by atoms with van der Waals surface area (Å²) in [4.78, 5) is 49.6. The monoisotopic (exact) mass is 623 g/mol. The first-order valence-electron chi connectivity index (χ1n) is 14.8. The molecule has 2 amide bonds. The van der Waals surface area contributed by atoms with Crippen LogP contribution in [0.25, 0.3) is 0 Å². The van der Waals surface area contributed by atoms with Gasteiger partial charge in [-0.15, -0.1) is 0 Å². The minimum absolute atomic E-state index is 0.0190. The zero-order valence-corrected chi connectivity index (χ0v) is 26.2. The van der Waals surface area contributed by atoms with Gasteiger partial charge in [0.2, 0.25) is 21.8 Å². The van der Waals surface area contributed by atoms with Crippen LogP contribution >= 0.6 is 0 Å². The van der Waals surface area contributed by atoms with E-state index in [0.717, 1.165) is 23.8 Å². The van der Waals surface area contributed by atoms with Crippen molar-refractivity contribution in [1.82, 2.24) is 24.9 Å². The second-order valence-corrected chi connectivity index (χ2v) is 13.1. The molecule has 0 aliphatic carbocycles. The first-order valence-corrected chi connectivity index (χ1v) is 16.7. The maximum Gasteiger partial charge on any atom is 0.245 e. The molecular weight excluding hydrogens is 582 g/mol. The molecule has 2 aromatic carbocycles. The average Bonchev–Trinajstić information content (AvgIpc) is 3.53. The van der Waals surface area contributed by atoms with Gasteiger partial charge >= 0.3 is 0 Å². The largest absolute Gasteiger partial charge is 0.497 e. The lowest BCUT2D eigenvalue weighted by Crippen LogP contribution is -2.57. The molecule has 0 saturated carbocycles. The van der Waals surface area contributed by atoms with Gasteiger partial charge in [-0.1, -0.05) is 49.4 Å². The third kappa shape index (κ3) is 8.32. The van der Waals surface area contributed by atoms with Crippen molar-refractivity contribution in [1.29, 1.82) is 0 Å². The van der Waals surface area contributed by atoms with Crippen LogP contribution in [0.3, 0.4) is 0 Å². The lowest BCUT2D eigenvalue weighted by Gasteiger charge is -2.42. The Hall–Kier alpha value is -4.03. The SMILES string of the molecule is CCCC(=O)C1(c2ccccc2)CCN(C(=O)[C@@H](Cc2ccc(OC)cc2)NC(=O)[C@H](Cc2cnc[nH]2)NS(C)(=O)=O)CC1. The zero-order chi connectivity index (χ0) is 31.7. The summed E-state index contributed by atoms with van der Waals surface area (Å²) in [5.74, 6) is -0.0957. The number of carbonyl (C=O) groups excluding carboxylic acids is 3. The van der Waals surface area contributed by atoms with Gasteiger partial charge in [0, 0.05) is 44.2 Å². The Morgan fingerprint density at radius 1 is 1.02 bits per heavy atom. The first kappa shape index (κ1) is 32.9. The van der Waals surface area contributed by atoms with Crippen molar-refractivity contribution in [2.24, 2.45) is 0 Å². The summed E-state index contributed by atoms with van der Waals surface area (Å²) in [5.41, 5.74) is 1.64. The van der Waals surface area contributed by atoms with Crippen molar-refractivity contribution < 1.29 is 27.5 Å². The van der Waals surface area contributed by atoms with Crippen LogP contribution in [-0.4, -0.2) is 79.4 Å². The predicted molar refractivity (Wildman–Crippen MR) is 167 cm³/mol. The van der Waals surface area contributed by atoms with Crippen LogP contribution in [0.2, 0.25) is 0 Å². The fraction of sp³-hybridized carbons (Fsp3) is 0.438. The van der Waals surface area contributed by atoms with Crippen molar-refractivity contribution in [2.45, 2.75) is 62.9 Å². The highest BCUT2D eigenvalue weighted by molar-refractivity contribution is 7.88. The molecule has 0 bridgehead atoms. The summed E-state index contributed by atoms with van der Waals surface area (Å²) >= 11 is 0. The molecular formula is C32H41N5O6S. The van der Waals surface area contributed by atoms with Gasteiger partial charge < -0.3 is 19.9 Å². The summed E-state index contributed by atoms with van der Waals surface area (Å²) in [6.07, 6.45) is 6.29. The molecule has 0 spiro atoms. The molecule has 4 rings (SSSR count). The minimum atomic E-state index is -3.75. The summed E-state index contributed by atoms with van der Waals surface area (Å²) in [6.45, 7) is 2.68. The number of likely N-dealkylation sites (tertiary alicyclic amines) is 1. The van der Waals surface area contributed by atoms with Crippen molar-refractivity contribution in [3.63, 3.8) is 0 Å². The number of hydrogen-bond acceptors (Lipinski definition) is 7. The smallest absolute Gasteiger partial charge is 0.245 e. The van der Waals surface area contributed by atoms with Crippen molar-refractivity contribution >= 4 is 27.6 Å². The van der Waals surface area contributed by atoms with Gasteiger partial charge in [0.25, 0.3) is 0 Å². The van der Waals surface area contributed by atoms with E-state index >= 15 is 0 Å². The number of ketones is 1. The number of amides is 2. The Morgan fingerprint density at radius 3 is 2.27 bits per heavy atom. The molecule has 1 aliphatic rings. The second kappa shape index (κ2) is 14.6. The Kier molecular flexibility index (Phi) is 10.9. The first-order chi connectivity index (χ1) is 21.0. The number of sulfonamides is 1. The molecule has 2 heterocycles. The van der Waals surface area contributed by atoms with Crippen LogP contribution in [0.15, 0.2) is 67.1 Å². The van der Waals surface area contributed by atoms with Gasteiger partial charge in [0.15, 0.2) is 0 Å². The lowest BCUT2D eigenvalue weighted by atomic mass is 9.68. The highest BCUT2D eigenvalue weighted by atomic mass is 32.2. The molecule has 3 N–H and O–H groups in total. The number of methoxy groups -OCH3 is 1. The number of nitrogens with zero attached hydrogens (tertiary/aromatic N) is 2. The molecule has 0 radical (unpaired) electrons. The molecule has 2 atom stereocenters. The Labute approximate surface area is 258 Å². The van der Waals surface area contributed by atoms with E-state index in [0.29, 0.717) is 43.8 Å². The summed E-state index contributed by atoms with van der Waals surface area (Å²) < 4.78 is 31.9. The van der Waals surface area contributed by atoms with E-state index in [1.807, 2.05) is 49.4 Å². The van der Waals surface area contributed by atoms with E-state index in [2.05, 4.69) is 20.0 Å². The standard InChI is InChI=1S/C32H41N5O6S/c1-4-8-29(38)32(24-9-6-5-7-10-24)15-17-37(18-16-32)31(40)28(19-23-11-13-26(43-2)14-12-23)35-30(39)27(36-44(3,41)42)20-25-21-33-22-34-25/h5-7,9-14,21-22,27-28,36H,4,8,15-20H2,1-3H3,(H,33,34)(H,35,39)/t27-,28+/m0/s1. The fourth-order valence-electron chi connectivity index (χ4n) is 5.81. The third-order valence-corrected chi connectivity index (χ3v) is 8.84. The molecule has 236 valence electrons. The molecule has 11 nitrogen and oxygen atoms in total. The van der Waals surface area contributed by atoms with Crippen molar-refractivity contribution in [2.75, 3.05) is 26.5 Å². The van der Waals surface area contributed by atoms with Gasteiger partial charge in [0.1, 0.15) is 23.6 Å². The second-order valence-electron chi connectivity index (χ2n) is 11.3. The van der Waals surface area contributed by atoms with E-state index in [-0.39, 0.29) is 24.5 Å². The number of nitrogens with one attached hydrogen (secondary N) is 3. The van der Waals surface area contributed by atoms with Crippen LogP contribution in [0.4, 0.5) is 0 Å². The molecule has 3 aromatic rings. The minimum Gasteiger partial charge on any atom is -0.497 e. The van der Waals surface area contributed by atoms with Crippen LogP contribution in [0, 0.1) is 0 Å². The van der Waals surface area contributed by atoms with Crippen molar-refractivity contribution in [3.8, 4) is 5.75 Å². The summed E-state index contributed by atoms with van der Waals surface area (Å²) in [5, 5.41) is 2.83. The number of Topliss-reactive ketones (excluding diaryl/α,β-unsaturated/α-hetero) is 1. The maximum atomic E-state index is 14.1. The van der Waals surface area contributed by atoms with Crippen LogP contribution in [0.5, 0.6) is 5.75 Å². The van der Waals surface area contributed by atoms with Gasteiger partial charge in [-0.2, -0.15) is 0 Å². The molecule has 12 heteroatoms. The normalized spacial score (nSPS) is 16.1. The van der Waals surface area contributed by atoms with E-state index in [9.17, 15) is 22.8 Å². The molecule has 1 fully saturated rings. The predicted octanol–water partition coefficient (Wildman–Crippen LogP) is 2.54. The van der Waals surface area contributed by atoms with Gasteiger partial charge in [0.05, 0.1) is 25.1 Å². The maximum absolute atomic E-state index is 14.1. The number of ether oxygens (including phenoxy) is 1. The van der Waals surface area contributed by atoms with Gasteiger partial charge in [-0.3, -0.25) is 14.4 Å². The molecule has 1 aliphatic heterocycles. The number of aromatic amines is 1. The van der Waals surface area contributed by atoms with Crippen LogP contribution in [-0.2, 0) is 42.7 Å². The summed E-state index contributed by atoms with van der Waals surface area (Å²) in [7, 11) is -2.19. The number of hydrogen-bond donors (Lipinski definition) is 3. The molecule has 44 heavy (non-hydrogen) atoms. The fourth-order valence-corrected chi connectivity index (χ4v) is 6.52. The van der Waals surface area contributed by atoms with Gasteiger partial charge in [-0.05, 0) is 42.5 Å². The van der Waals surface area contributed by atoms with Gasteiger partial charge in [-0.25, -0.2) is 18.1 Å². The Balaban J connectivity index is 1.57. The third-order valence-electron chi connectivity index (χ3n) is 8.13. The summed E-state index contributed by atoms with van der Waals surface area (Å²) in [6, 6.07) is 14.8. The Morgan fingerprint density at radius 2 is 1.70 bits per heavy atom. The lowest BCUT2D eigenvalue weighted by molar-refractivity contribution is -0.140. The average molecular weight is 624 g/mol. The number of piperidine rings is 1. The highest BCUT2D eigenvalue weighted by Gasteiger charge is 2.43. The number of imidazole rings is 1. The topological polar surface area (TPSA) is 151 Å².